The zero-order valence-corrected chi connectivity index (χ0v) is 23.8. The molecule has 190 valence electrons. The summed E-state index contributed by atoms with van der Waals surface area (Å²) in [7, 11) is -3.04. The van der Waals surface area contributed by atoms with E-state index < -0.39 is 8.40 Å². The van der Waals surface area contributed by atoms with Crippen molar-refractivity contribution < 1.29 is 0 Å². The molecule has 0 bridgehead atoms. The molecule has 0 saturated heterocycles. The number of hydrogen-bond donors (Lipinski definition) is 0. The molecule has 0 fully saturated rings. The van der Waals surface area contributed by atoms with Gasteiger partial charge in [0.05, 0.1) is 5.71 Å². The average Bonchev–Trinajstić information content (AvgIpc) is 2.99. The second kappa shape index (κ2) is 10.5. The summed E-state index contributed by atoms with van der Waals surface area (Å²) >= 11 is 6.38. The monoisotopic (exact) mass is 540 g/mol. The zero-order valence-electron chi connectivity index (χ0n) is 22.1. The number of allylic oxidation sites excluding steroid dienone is 1. The van der Waals surface area contributed by atoms with Crippen LogP contribution in [0.15, 0.2) is 150 Å². The topological polar surface area (TPSA) is 15.6 Å². The lowest BCUT2D eigenvalue weighted by Gasteiger charge is -2.46. The number of hydrogen-bond acceptors (Lipinski definition) is 2. The summed E-state index contributed by atoms with van der Waals surface area (Å²) in [5.74, 6) is 0. The lowest BCUT2D eigenvalue weighted by atomic mass is 9.97. The standard InChI is InChI=1S/C35H29ClN2Si/c1-26-18-20-28(21-19-26)34-27(2)35(29-22-24-30(36)25-23-29)38(31-12-6-3-7-13-31)39(37-34,32-14-8-4-9-15-32)33-16-10-5-11-17-33/h3-25H,1-2H3. The number of nitrogens with zero attached hydrogens (tertiary/aromatic N) is 2. The van der Waals surface area contributed by atoms with E-state index in [9.17, 15) is 0 Å². The Kier molecular flexibility index (Phi) is 6.78. The van der Waals surface area contributed by atoms with Crippen LogP contribution in [-0.2, 0) is 0 Å². The van der Waals surface area contributed by atoms with Crippen molar-refractivity contribution in [2.75, 3.05) is 4.57 Å². The first-order valence-electron chi connectivity index (χ1n) is 13.2. The van der Waals surface area contributed by atoms with Crippen molar-refractivity contribution in [3.63, 3.8) is 0 Å². The Labute approximate surface area is 236 Å². The molecule has 2 nitrogen and oxygen atoms in total. The smallest absolute Gasteiger partial charge is 0.342 e. The number of aryl methyl sites for hydroxylation is 1. The number of halogens is 1. The first kappa shape index (κ1) is 25.1. The minimum absolute atomic E-state index is 0.723. The molecule has 0 aromatic heterocycles. The largest absolute Gasteiger partial charge is 0.354 e. The van der Waals surface area contributed by atoms with Gasteiger partial charge in [0, 0.05) is 16.4 Å². The number of benzene rings is 5. The number of para-hydroxylation sites is 1. The highest BCUT2D eigenvalue weighted by Gasteiger charge is 2.50. The maximum Gasteiger partial charge on any atom is 0.354 e. The van der Waals surface area contributed by atoms with Crippen molar-refractivity contribution in [2.24, 2.45) is 4.66 Å². The Balaban J connectivity index is 1.77. The van der Waals surface area contributed by atoms with Gasteiger partial charge in [-0.2, -0.15) is 0 Å². The molecular weight excluding hydrogens is 512 g/mol. The van der Waals surface area contributed by atoms with Gasteiger partial charge in [0.15, 0.2) is 0 Å². The molecule has 1 aliphatic rings. The Morgan fingerprint density at radius 2 is 1.05 bits per heavy atom. The molecule has 0 amide bonds. The van der Waals surface area contributed by atoms with E-state index in [-0.39, 0.29) is 0 Å². The van der Waals surface area contributed by atoms with Gasteiger partial charge in [-0.25, -0.2) is 0 Å². The van der Waals surface area contributed by atoms with E-state index in [2.05, 4.69) is 146 Å². The van der Waals surface area contributed by atoms with Crippen molar-refractivity contribution in [3.05, 3.63) is 167 Å². The maximum atomic E-state index is 6.38. The van der Waals surface area contributed by atoms with Gasteiger partial charge in [0.1, 0.15) is 0 Å². The van der Waals surface area contributed by atoms with Gasteiger partial charge in [0.2, 0.25) is 0 Å². The Morgan fingerprint density at radius 3 is 1.59 bits per heavy atom. The van der Waals surface area contributed by atoms with E-state index in [1.165, 1.54) is 15.9 Å². The third-order valence-electron chi connectivity index (χ3n) is 7.34. The molecule has 1 aliphatic heterocycles. The van der Waals surface area contributed by atoms with E-state index in [1.54, 1.807) is 0 Å². The second-order valence-corrected chi connectivity index (χ2v) is 13.5. The molecule has 4 heteroatoms. The maximum absolute atomic E-state index is 6.38. The Morgan fingerprint density at radius 1 is 0.564 bits per heavy atom. The van der Waals surface area contributed by atoms with Crippen molar-refractivity contribution in [3.8, 4) is 0 Å². The minimum Gasteiger partial charge on any atom is -0.342 e. The Hall–Kier alpha value is -4.18. The summed E-state index contributed by atoms with van der Waals surface area (Å²) in [6, 6.07) is 49.3. The fraction of sp³-hybridized carbons (Fsp3) is 0.0571. The molecule has 0 saturated carbocycles. The van der Waals surface area contributed by atoms with Gasteiger partial charge in [-0.3, -0.25) is 4.66 Å². The molecule has 5 aromatic rings. The predicted molar refractivity (Wildman–Crippen MR) is 169 cm³/mol. The summed E-state index contributed by atoms with van der Waals surface area (Å²) in [5.41, 5.74) is 7.92. The molecule has 39 heavy (non-hydrogen) atoms. The Bertz CT molecular complexity index is 1600. The van der Waals surface area contributed by atoms with Crippen molar-refractivity contribution in [2.45, 2.75) is 13.8 Å². The van der Waals surface area contributed by atoms with Crippen LogP contribution in [0.1, 0.15) is 23.6 Å². The summed E-state index contributed by atoms with van der Waals surface area (Å²) in [4.78, 5) is 0. The fourth-order valence-electron chi connectivity index (χ4n) is 5.47. The SMILES string of the molecule is CC1=C(c2ccc(Cl)cc2)N(c2ccccc2)[Si](c2ccccc2)(c2ccccc2)N=C1c1ccc(C)cc1. The molecule has 0 spiro atoms. The van der Waals surface area contributed by atoms with Crippen LogP contribution in [0.5, 0.6) is 0 Å². The fourth-order valence-corrected chi connectivity index (χ4v) is 9.88. The van der Waals surface area contributed by atoms with Gasteiger partial charge in [-0.05, 0) is 65.2 Å². The summed E-state index contributed by atoms with van der Waals surface area (Å²) in [6.45, 7) is 4.32. The van der Waals surface area contributed by atoms with Crippen molar-refractivity contribution in [1.82, 2.24) is 0 Å². The predicted octanol–water partition coefficient (Wildman–Crippen LogP) is 7.65. The van der Waals surface area contributed by atoms with E-state index in [0.29, 0.717) is 0 Å². The molecule has 0 N–H and O–H groups in total. The molecule has 1 heterocycles. The first-order valence-corrected chi connectivity index (χ1v) is 15.5. The van der Waals surface area contributed by atoms with Crippen LogP contribution < -0.4 is 14.9 Å². The van der Waals surface area contributed by atoms with Crippen LogP contribution in [0.4, 0.5) is 5.69 Å². The highest BCUT2D eigenvalue weighted by atomic mass is 35.5. The average molecular weight is 541 g/mol. The lowest BCUT2D eigenvalue weighted by molar-refractivity contribution is 1.27. The van der Waals surface area contributed by atoms with Crippen LogP contribution in [0.3, 0.4) is 0 Å². The molecule has 6 rings (SSSR count). The summed E-state index contributed by atoms with van der Waals surface area (Å²) in [6.07, 6.45) is 0. The van der Waals surface area contributed by atoms with E-state index in [4.69, 9.17) is 16.3 Å². The van der Waals surface area contributed by atoms with Gasteiger partial charge in [0.25, 0.3) is 0 Å². The quantitative estimate of drug-likeness (QED) is 0.209. The molecular formula is C35H29ClN2Si. The second-order valence-electron chi connectivity index (χ2n) is 9.88. The molecule has 0 aliphatic carbocycles. The number of rotatable bonds is 5. The van der Waals surface area contributed by atoms with Crippen LogP contribution in [0.25, 0.3) is 5.70 Å². The van der Waals surface area contributed by atoms with Crippen LogP contribution in [0, 0.1) is 6.92 Å². The molecule has 0 atom stereocenters. The van der Waals surface area contributed by atoms with Crippen LogP contribution in [0.2, 0.25) is 5.02 Å². The van der Waals surface area contributed by atoms with Crippen LogP contribution in [-0.4, -0.2) is 14.1 Å². The van der Waals surface area contributed by atoms with Gasteiger partial charge < -0.3 is 4.57 Å². The van der Waals surface area contributed by atoms with Crippen molar-refractivity contribution in [1.29, 1.82) is 0 Å². The summed E-state index contributed by atoms with van der Waals surface area (Å²) < 4.78 is 8.42. The third kappa shape index (κ3) is 4.54. The normalized spacial score (nSPS) is 14.7. The zero-order chi connectivity index (χ0) is 26.8. The van der Waals surface area contributed by atoms with E-state index in [0.717, 1.165) is 38.8 Å². The summed E-state index contributed by atoms with van der Waals surface area (Å²) in [5, 5.41) is 3.17. The number of anilines is 1. The first-order chi connectivity index (χ1) is 19.1. The lowest BCUT2D eigenvalue weighted by Crippen LogP contribution is -2.70. The van der Waals surface area contributed by atoms with Gasteiger partial charge in [-0.1, -0.05) is 132 Å². The molecule has 0 radical (unpaired) electrons. The van der Waals surface area contributed by atoms with Crippen molar-refractivity contribution >= 4 is 47.5 Å². The van der Waals surface area contributed by atoms with Gasteiger partial charge in [-0.15, -0.1) is 0 Å². The van der Waals surface area contributed by atoms with Gasteiger partial charge >= 0.3 is 8.40 Å². The van der Waals surface area contributed by atoms with E-state index in [1.807, 2.05) is 12.1 Å². The molecule has 0 unspecified atom stereocenters. The highest BCUT2D eigenvalue weighted by Crippen LogP contribution is 2.39. The highest BCUT2D eigenvalue weighted by molar-refractivity contribution is 7.05. The minimum atomic E-state index is -3.04. The third-order valence-corrected chi connectivity index (χ3v) is 11.5. The molecule has 5 aromatic carbocycles. The van der Waals surface area contributed by atoms with Crippen LogP contribution >= 0.6 is 11.6 Å². The van der Waals surface area contributed by atoms with E-state index >= 15 is 0 Å².